The van der Waals surface area contributed by atoms with E-state index in [2.05, 4.69) is 27.0 Å². The number of likely N-dealkylation sites (tertiary alicyclic amines) is 1. The summed E-state index contributed by atoms with van der Waals surface area (Å²) in [5.41, 5.74) is -1.84. The van der Waals surface area contributed by atoms with Gasteiger partial charge in [0, 0.05) is 12.1 Å². The Kier molecular flexibility index (Phi) is 8.09. The third-order valence-corrected chi connectivity index (χ3v) is 4.96. The molecular weight excluding hydrogens is 499 g/mol. The molecule has 1 aromatic carbocycles. The molecule has 1 aromatic heterocycles. The highest BCUT2D eigenvalue weighted by Crippen LogP contribution is 2.39. The van der Waals surface area contributed by atoms with Crippen LogP contribution in [0.25, 0.3) is 11.4 Å². The third kappa shape index (κ3) is 7.21. The van der Waals surface area contributed by atoms with Gasteiger partial charge in [0.25, 0.3) is 0 Å². The summed E-state index contributed by atoms with van der Waals surface area (Å²) in [4.78, 5) is 33.0. The van der Waals surface area contributed by atoms with Gasteiger partial charge < -0.3 is 24.0 Å². The van der Waals surface area contributed by atoms with E-state index < -0.39 is 35.6 Å². The van der Waals surface area contributed by atoms with Crippen molar-refractivity contribution >= 4 is 18.1 Å². The molecule has 14 heteroatoms. The van der Waals surface area contributed by atoms with Crippen molar-refractivity contribution < 1.29 is 41.9 Å². The van der Waals surface area contributed by atoms with Crippen LogP contribution in [-0.2, 0) is 10.9 Å². The molecule has 1 atom stereocenters. The first-order valence-corrected chi connectivity index (χ1v) is 11.2. The largest absolute Gasteiger partial charge is 0.489 e. The fourth-order valence-electron chi connectivity index (χ4n) is 3.56. The van der Waals surface area contributed by atoms with Crippen LogP contribution in [0.15, 0.2) is 40.4 Å². The number of nitrogens with zero attached hydrogens (tertiary/aromatic N) is 4. The number of hydrogen-bond acceptors (Lipinski definition) is 7. The van der Waals surface area contributed by atoms with Crippen molar-refractivity contribution in [1.29, 1.82) is 0 Å². The van der Waals surface area contributed by atoms with Gasteiger partial charge in [0.05, 0.1) is 5.56 Å². The van der Waals surface area contributed by atoms with Crippen LogP contribution in [0.4, 0.5) is 22.8 Å². The molecule has 0 spiro atoms. The van der Waals surface area contributed by atoms with Gasteiger partial charge in [-0.2, -0.15) is 18.2 Å². The van der Waals surface area contributed by atoms with Crippen molar-refractivity contribution in [2.24, 2.45) is 4.99 Å². The molecule has 0 aliphatic carbocycles. The summed E-state index contributed by atoms with van der Waals surface area (Å²) >= 11 is 0. The van der Waals surface area contributed by atoms with Gasteiger partial charge in [-0.05, 0) is 51.8 Å². The lowest BCUT2D eigenvalue weighted by molar-refractivity contribution is -0.138. The molecule has 0 radical (unpaired) electrons. The minimum Gasteiger partial charge on any atom is -0.489 e. The number of amides is 2. The van der Waals surface area contributed by atoms with Gasteiger partial charge in [-0.25, -0.2) is 9.59 Å². The van der Waals surface area contributed by atoms with Crippen LogP contribution in [0.3, 0.4) is 0 Å². The molecule has 37 heavy (non-hydrogen) atoms. The van der Waals surface area contributed by atoms with Gasteiger partial charge in [0.2, 0.25) is 17.7 Å². The third-order valence-electron chi connectivity index (χ3n) is 4.96. The number of guanidine groups is 1. The molecule has 1 aliphatic heterocycles. The zero-order valence-corrected chi connectivity index (χ0v) is 20.3. The van der Waals surface area contributed by atoms with E-state index >= 15 is 0 Å². The standard InChI is InChI=1S/C23H26F3N5O6/c1-5-11-35-16-9-8-13(12-14(16)23(24,25)26)17-27-18(37-30-17)15-7-6-10-31(15)19(28-20(32)33)29-21(34)36-22(2,3)4/h5,8-9,12,15H,1,6-7,10-11H2,2-4H3,(H,32,33)(H,28,29,34). The molecule has 2 N–H and O–H groups in total. The van der Waals surface area contributed by atoms with Gasteiger partial charge in [-0.1, -0.05) is 17.8 Å². The Labute approximate surface area is 209 Å². The van der Waals surface area contributed by atoms with Crippen LogP contribution >= 0.6 is 0 Å². The van der Waals surface area contributed by atoms with E-state index in [1.807, 2.05) is 0 Å². The summed E-state index contributed by atoms with van der Waals surface area (Å²) in [5.74, 6) is -0.770. The van der Waals surface area contributed by atoms with Crippen molar-refractivity contribution in [2.75, 3.05) is 13.2 Å². The number of ether oxygens (including phenoxy) is 2. The van der Waals surface area contributed by atoms with Crippen molar-refractivity contribution in [3.8, 4) is 17.1 Å². The molecule has 2 aromatic rings. The average Bonchev–Trinajstić information content (AvgIpc) is 3.44. The summed E-state index contributed by atoms with van der Waals surface area (Å²) in [7, 11) is 0. The summed E-state index contributed by atoms with van der Waals surface area (Å²) in [6.45, 7) is 8.50. The fraction of sp³-hybridized carbons (Fsp3) is 0.435. The molecule has 1 saturated heterocycles. The van der Waals surface area contributed by atoms with Gasteiger partial charge in [0.15, 0.2) is 0 Å². The molecule has 11 nitrogen and oxygen atoms in total. The first-order valence-electron chi connectivity index (χ1n) is 11.2. The summed E-state index contributed by atoms with van der Waals surface area (Å²) in [5, 5.41) is 15.1. The Morgan fingerprint density at radius 1 is 1.35 bits per heavy atom. The maximum absolute atomic E-state index is 13.6. The predicted octanol–water partition coefficient (Wildman–Crippen LogP) is 5.02. The van der Waals surface area contributed by atoms with Gasteiger partial charge in [-0.3, -0.25) is 5.32 Å². The van der Waals surface area contributed by atoms with Gasteiger partial charge >= 0.3 is 18.4 Å². The smallest absolute Gasteiger partial charge is 0.437 e. The second-order valence-electron chi connectivity index (χ2n) is 8.96. The van der Waals surface area contributed by atoms with Crippen LogP contribution < -0.4 is 10.1 Å². The Bertz CT molecular complexity index is 1190. The van der Waals surface area contributed by atoms with E-state index in [-0.39, 0.29) is 42.1 Å². The average molecular weight is 525 g/mol. The van der Waals surface area contributed by atoms with Crippen LogP contribution in [-0.4, -0.2) is 57.0 Å². The molecule has 200 valence electrons. The lowest BCUT2D eigenvalue weighted by Crippen LogP contribution is -2.44. The lowest BCUT2D eigenvalue weighted by Gasteiger charge is -2.25. The highest BCUT2D eigenvalue weighted by Gasteiger charge is 2.37. The molecule has 1 unspecified atom stereocenters. The van der Waals surface area contributed by atoms with Crippen molar-refractivity contribution in [1.82, 2.24) is 20.4 Å². The summed E-state index contributed by atoms with van der Waals surface area (Å²) < 4.78 is 56.3. The first-order chi connectivity index (χ1) is 17.3. The molecule has 2 amide bonds. The zero-order valence-electron chi connectivity index (χ0n) is 20.3. The second kappa shape index (κ2) is 10.9. The number of alkyl halides is 3. The minimum atomic E-state index is -4.70. The SMILES string of the molecule is C=CCOc1ccc(-c2noc(C3CCCN3C(=NC(=O)OC(C)(C)C)NC(=O)O)n2)cc1C(F)(F)F. The van der Waals surface area contributed by atoms with Crippen LogP contribution in [0.5, 0.6) is 5.75 Å². The minimum absolute atomic E-state index is 0.0112. The molecule has 3 rings (SSSR count). The highest BCUT2D eigenvalue weighted by atomic mass is 19.4. The van der Waals surface area contributed by atoms with E-state index in [1.165, 1.54) is 17.0 Å². The van der Waals surface area contributed by atoms with E-state index in [0.29, 0.717) is 12.8 Å². The zero-order chi connectivity index (χ0) is 27.4. The number of benzene rings is 1. The number of carbonyl (C=O) groups excluding carboxylic acids is 1. The van der Waals surface area contributed by atoms with Crippen molar-refractivity contribution in [3.63, 3.8) is 0 Å². The molecule has 1 aliphatic rings. The molecular formula is C23H26F3N5O6. The predicted molar refractivity (Wildman–Crippen MR) is 124 cm³/mol. The van der Waals surface area contributed by atoms with Crippen LogP contribution in [0, 0.1) is 0 Å². The fourth-order valence-corrected chi connectivity index (χ4v) is 3.56. The Morgan fingerprint density at radius 3 is 2.70 bits per heavy atom. The quantitative estimate of drug-likeness (QED) is 0.313. The number of aliphatic imine (C=N–C) groups is 1. The monoisotopic (exact) mass is 525 g/mol. The van der Waals surface area contributed by atoms with E-state index in [1.54, 1.807) is 20.8 Å². The van der Waals surface area contributed by atoms with Crippen LogP contribution in [0.2, 0.25) is 0 Å². The Hall–Kier alpha value is -4.10. The van der Waals surface area contributed by atoms with E-state index in [9.17, 15) is 27.9 Å². The lowest BCUT2D eigenvalue weighted by atomic mass is 10.1. The molecule has 0 bridgehead atoms. The summed E-state index contributed by atoms with van der Waals surface area (Å²) in [6.07, 6.45) is -4.85. The highest BCUT2D eigenvalue weighted by molar-refractivity contribution is 5.98. The van der Waals surface area contributed by atoms with Gasteiger partial charge in [-0.15, -0.1) is 4.99 Å². The number of carboxylic acid groups (broad SMARTS) is 1. The number of hydrogen-bond donors (Lipinski definition) is 2. The number of rotatable bonds is 5. The van der Waals surface area contributed by atoms with E-state index in [4.69, 9.17) is 14.0 Å². The Balaban J connectivity index is 1.91. The van der Waals surface area contributed by atoms with E-state index in [0.717, 1.165) is 12.1 Å². The van der Waals surface area contributed by atoms with Crippen LogP contribution in [0.1, 0.15) is 51.1 Å². The molecule has 0 saturated carbocycles. The number of nitrogens with one attached hydrogen (secondary N) is 1. The topological polar surface area (TPSA) is 139 Å². The molecule has 1 fully saturated rings. The maximum Gasteiger partial charge on any atom is 0.437 e. The van der Waals surface area contributed by atoms with Gasteiger partial charge in [0.1, 0.15) is 24.0 Å². The number of halogens is 3. The van der Waals surface area contributed by atoms with Crippen molar-refractivity contribution in [2.45, 2.75) is 51.4 Å². The number of aromatic nitrogens is 2. The summed E-state index contributed by atoms with van der Waals surface area (Å²) in [6, 6.07) is 2.67. The molecule has 2 heterocycles. The maximum atomic E-state index is 13.6. The second-order valence-corrected chi connectivity index (χ2v) is 8.96. The number of carbonyl (C=O) groups is 2. The first kappa shape index (κ1) is 27.5. The Morgan fingerprint density at radius 2 is 2.08 bits per heavy atom. The van der Waals surface area contributed by atoms with Crippen molar-refractivity contribution in [3.05, 3.63) is 42.3 Å². The normalized spacial score (nSPS) is 16.4.